The molecule has 1 aliphatic heterocycles. The number of benzene rings is 2. The van der Waals surface area contributed by atoms with Crippen LogP contribution in [-0.2, 0) is 21.5 Å². The highest BCUT2D eigenvalue weighted by Gasteiger charge is 2.49. The first-order valence-corrected chi connectivity index (χ1v) is 13.5. The SMILES string of the molecule is C=CC[C@@]1(C)CCC(c2ccc(Cl)cc2)N(C(CNS(=O)Cc2ccccc2)C2CC2)C1=O. The van der Waals surface area contributed by atoms with Gasteiger partial charge in [-0.05, 0) is 61.3 Å². The van der Waals surface area contributed by atoms with Crippen LogP contribution in [0.25, 0.3) is 0 Å². The smallest absolute Gasteiger partial charge is 0.229 e. The number of hydrogen-bond donors (Lipinski definition) is 1. The molecule has 4 nitrogen and oxygen atoms in total. The normalized spacial score (nSPS) is 25.0. The fourth-order valence-corrected chi connectivity index (χ4v) is 6.06. The summed E-state index contributed by atoms with van der Waals surface area (Å²) in [6.45, 7) is 6.49. The van der Waals surface area contributed by atoms with Crippen LogP contribution in [0.4, 0.5) is 0 Å². The number of nitrogens with zero attached hydrogens (tertiary/aromatic N) is 1. The van der Waals surface area contributed by atoms with E-state index in [2.05, 4.69) is 23.1 Å². The maximum Gasteiger partial charge on any atom is 0.229 e. The van der Waals surface area contributed by atoms with Crippen LogP contribution >= 0.6 is 11.6 Å². The number of rotatable bonds is 10. The zero-order valence-corrected chi connectivity index (χ0v) is 20.8. The number of hydrogen-bond acceptors (Lipinski definition) is 2. The lowest BCUT2D eigenvalue weighted by Gasteiger charge is -2.48. The second-order valence-corrected chi connectivity index (χ2v) is 11.3. The predicted molar refractivity (Wildman–Crippen MR) is 136 cm³/mol. The zero-order chi connectivity index (χ0) is 23.4. The summed E-state index contributed by atoms with van der Waals surface area (Å²) in [5.74, 6) is 1.08. The van der Waals surface area contributed by atoms with Crippen LogP contribution in [0.2, 0.25) is 5.02 Å². The third-order valence-electron chi connectivity index (χ3n) is 7.02. The molecule has 1 saturated carbocycles. The van der Waals surface area contributed by atoms with E-state index in [1.165, 1.54) is 0 Å². The number of allylic oxidation sites excluding steroid dienone is 1. The third-order valence-corrected chi connectivity index (χ3v) is 8.36. The molecule has 176 valence electrons. The molecule has 6 heteroatoms. The highest BCUT2D eigenvalue weighted by molar-refractivity contribution is 7.82. The Morgan fingerprint density at radius 3 is 2.52 bits per heavy atom. The molecule has 2 aliphatic rings. The minimum Gasteiger partial charge on any atom is -0.331 e. The van der Waals surface area contributed by atoms with E-state index in [-0.39, 0.29) is 18.0 Å². The second-order valence-electron chi connectivity index (χ2n) is 9.60. The summed E-state index contributed by atoms with van der Waals surface area (Å²) in [4.78, 5) is 16.1. The van der Waals surface area contributed by atoms with Gasteiger partial charge in [-0.3, -0.25) is 4.79 Å². The Bertz CT molecular complexity index is 993. The molecule has 0 bridgehead atoms. The van der Waals surface area contributed by atoms with Gasteiger partial charge in [0, 0.05) is 17.6 Å². The van der Waals surface area contributed by atoms with Crippen LogP contribution in [0.5, 0.6) is 0 Å². The summed E-state index contributed by atoms with van der Waals surface area (Å²) < 4.78 is 16.1. The van der Waals surface area contributed by atoms with Gasteiger partial charge in [0.25, 0.3) is 0 Å². The number of likely N-dealkylation sites (tertiary alicyclic amines) is 1. The number of piperidine rings is 1. The molecule has 0 aromatic heterocycles. The number of halogens is 1. The summed E-state index contributed by atoms with van der Waals surface area (Å²) in [6.07, 6.45) is 6.46. The Morgan fingerprint density at radius 1 is 1.18 bits per heavy atom. The van der Waals surface area contributed by atoms with E-state index in [9.17, 15) is 9.00 Å². The fourth-order valence-electron chi connectivity index (χ4n) is 4.98. The van der Waals surface area contributed by atoms with Gasteiger partial charge in [0.2, 0.25) is 5.91 Å². The minimum absolute atomic E-state index is 0.00242. The molecular formula is C27H33ClN2O2S. The maximum absolute atomic E-state index is 13.9. The standard InChI is InChI=1S/C27H33ClN2O2S/c1-3-16-27(2)17-15-24(21-11-13-23(28)14-12-21)30(26(27)31)25(22-9-10-22)18-29-33(32)19-20-7-5-4-6-8-20/h3-8,11-14,22,24-25,29H,1,9-10,15-19H2,2H3/t24?,25?,27-,33?/m0/s1. The molecule has 0 radical (unpaired) electrons. The molecule has 1 saturated heterocycles. The molecule has 4 atom stereocenters. The number of amides is 1. The van der Waals surface area contributed by atoms with Crippen LogP contribution in [0.3, 0.4) is 0 Å². The van der Waals surface area contributed by atoms with E-state index >= 15 is 0 Å². The molecule has 1 aliphatic carbocycles. The van der Waals surface area contributed by atoms with Crippen molar-refractivity contribution in [2.24, 2.45) is 11.3 Å². The molecular weight excluding hydrogens is 452 g/mol. The Kier molecular flexibility index (Phi) is 7.72. The Labute approximate surface area is 205 Å². The van der Waals surface area contributed by atoms with Crippen molar-refractivity contribution in [3.8, 4) is 0 Å². The Balaban J connectivity index is 1.57. The van der Waals surface area contributed by atoms with Crippen molar-refractivity contribution in [1.82, 2.24) is 9.62 Å². The van der Waals surface area contributed by atoms with E-state index < -0.39 is 16.4 Å². The van der Waals surface area contributed by atoms with Crippen LogP contribution in [0.1, 0.15) is 56.2 Å². The Hall–Kier alpha value is -1.95. The summed E-state index contributed by atoms with van der Waals surface area (Å²) in [5, 5.41) is 0.695. The largest absolute Gasteiger partial charge is 0.331 e. The molecule has 1 amide bonds. The second kappa shape index (κ2) is 10.5. The van der Waals surface area contributed by atoms with Crippen molar-refractivity contribution >= 4 is 28.5 Å². The quantitative estimate of drug-likeness (QED) is 0.432. The van der Waals surface area contributed by atoms with Crippen LogP contribution < -0.4 is 4.72 Å². The van der Waals surface area contributed by atoms with Crippen molar-refractivity contribution < 1.29 is 9.00 Å². The average Bonchev–Trinajstić information content (AvgIpc) is 3.64. The minimum atomic E-state index is -1.20. The highest BCUT2D eigenvalue weighted by Crippen LogP contribution is 2.47. The van der Waals surface area contributed by atoms with Crippen molar-refractivity contribution in [1.29, 1.82) is 0 Å². The van der Waals surface area contributed by atoms with E-state index in [4.69, 9.17) is 11.6 Å². The average molecular weight is 485 g/mol. The first-order valence-electron chi connectivity index (χ1n) is 11.8. The molecule has 2 aromatic rings. The van der Waals surface area contributed by atoms with Gasteiger partial charge in [-0.25, -0.2) is 8.93 Å². The molecule has 2 aromatic carbocycles. The summed E-state index contributed by atoms with van der Waals surface area (Å²) in [6, 6.07) is 17.8. The monoisotopic (exact) mass is 484 g/mol. The van der Waals surface area contributed by atoms with Gasteiger partial charge in [-0.2, -0.15) is 0 Å². The van der Waals surface area contributed by atoms with Gasteiger partial charge in [-0.1, -0.05) is 67.1 Å². The molecule has 1 N–H and O–H groups in total. The van der Waals surface area contributed by atoms with Crippen molar-refractivity contribution in [2.75, 3.05) is 6.54 Å². The van der Waals surface area contributed by atoms with Crippen molar-refractivity contribution in [3.05, 3.63) is 83.4 Å². The topological polar surface area (TPSA) is 49.4 Å². The summed E-state index contributed by atoms with van der Waals surface area (Å²) >= 11 is 6.14. The van der Waals surface area contributed by atoms with Gasteiger partial charge in [0.05, 0.1) is 28.2 Å². The lowest BCUT2D eigenvalue weighted by molar-refractivity contribution is -0.153. The van der Waals surface area contributed by atoms with Gasteiger partial charge in [0.15, 0.2) is 0 Å². The Morgan fingerprint density at radius 2 is 1.88 bits per heavy atom. The summed E-state index contributed by atoms with van der Waals surface area (Å²) in [7, 11) is -1.20. The predicted octanol–water partition coefficient (Wildman–Crippen LogP) is 5.82. The first kappa shape index (κ1) is 24.2. The molecule has 4 rings (SSSR count). The highest BCUT2D eigenvalue weighted by atomic mass is 35.5. The number of nitrogens with one attached hydrogen (secondary N) is 1. The summed E-state index contributed by atoms with van der Waals surface area (Å²) in [5.41, 5.74) is 1.71. The zero-order valence-electron chi connectivity index (χ0n) is 19.2. The van der Waals surface area contributed by atoms with Crippen LogP contribution in [0, 0.1) is 11.3 Å². The lowest BCUT2D eigenvalue weighted by atomic mass is 9.74. The van der Waals surface area contributed by atoms with Gasteiger partial charge in [-0.15, -0.1) is 6.58 Å². The first-order chi connectivity index (χ1) is 15.9. The van der Waals surface area contributed by atoms with Crippen LogP contribution in [-0.4, -0.2) is 27.6 Å². The number of carbonyl (C=O) groups is 1. The number of carbonyl (C=O) groups excluding carboxylic acids is 1. The van der Waals surface area contributed by atoms with Crippen molar-refractivity contribution in [2.45, 2.75) is 56.9 Å². The molecule has 33 heavy (non-hydrogen) atoms. The van der Waals surface area contributed by atoms with E-state index in [0.717, 1.165) is 36.8 Å². The molecule has 1 heterocycles. The van der Waals surface area contributed by atoms with Crippen LogP contribution in [0.15, 0.2) is 67.3 Å². The van der Waals surface area contributed by atoms with Gasteiger partial charge >= 0.3 is 0 Å². The fraction of sp³-hybridized carbons (Fsp3) is 0.444. The molecule has 2 fully saturated rings. The van der Waals surface area contributed by atoms with Crippen molar-refractivity contribution in [3.63, 3.8) is 0 Å². The van der Waals surface area contributed by atoms with Gasteiger partial charge < -0.3 is 4.90 Å². The molecule has 3 unspecified atom stereocenters. The maximum atomic E-state index is 13.9. The third kappa shape index (κ3) is 5.76. The lowest BCUT2D eigenvalue weighted by Crippen LogP contribution is -2.56. The van der Waals surface area contributed by atoms with Gasteiger partial charge in [0.1, 0.15) is 0 Å². The van der Waals surface area contributed by atoms with E-state index in [0.29, 0.717) is 29.7 Å². The van der Waals surface area contributed by atoms with E-state index in [1.807, 2.05) is 60.7 Å². The molecule has 0 spiro atoms. The van der Waals surface area contributed by atoms with E-state index in [1.54, 1.807) is 0 Å².